The largest absolute Gasteiger partial charge is 0.468 e. The third-order valence-corrected chi connectivity index (χ3v) is 2.45. The number of nitrogens with zero attached hydrogens (tertiary/aromatic N) is 2. The smallest absolute Gasteiger partial charge is 0.422 e. The zero-order chi connectivity index (χ0) is 15.5. The van der Waals surface area contributed by atoms with Crippen LogP contribution < -0.4 is 10.1 Å². The number of hydrogen-bond acceptors (Lipinski definition) is 4. The Bertz CT molecular complexity index is 622. The molecule has 2 N–H and O–H groups in total. The van der Waals surface area contributed by atoms with Crippen molar-refractivity contribution in [1.82, 2.24) is 15.2 Å². The van der Waals surface area contributed by atoms with Gasteiger partial charge in [-0.15, -0.1) is 0 Å². The Kier molecular flexibility index (Phi) is 4.10. The summed E-state index contributed by atoms with van der Waals surface area (Å²) in [5, 5.41) is 8.89. The van der Waals surface area contributed by atoms with E-state index in [2.05, 4.69) is 25.2 Å². The van der Waals surface area contributed by atoms with Crippen molar-refractivity contribution in [3.63, 3.8) is 0 Å². The maximum Gasteiger partial charge on any atom is 0.422 e. The number of carbonyl (C=O) groups is 1. The van der Waals surface area contributed by atoms with Crippen LogP contribution in [-0.4, -0.2) is 33.9 Å². The number of alkyl halides is 3. The van der Waals surface area contributed by atoms with Crippen molar-refractivity contribution in [3.05, 3.63) is 35.8 Å². The van der Waals surface area contributed by atoms with Gasteiger partial charge >= 0.3 is 6.18 Å². The molecule has 2 aromatic rings. The van der Waals surface area contributed by atoms with Crippen LogP contribution in [0.1, 0.15) is 16.1 Å². The van der Waals surface area contributed by atoms with Crippen molar-refractivity contribution in [3.8, 4) is 5.88 Å². The number of hydrogen-bond donors (Lipinski definition) is 2. The molecule has 2 rings (SSSR count). The first-order chi connectivity index (χ1) is 9.85. The third kappa shape index (κ3) is 4.20. The van der Waals surface area contributed by atoms with Gasteiger partial charge < -0.3 is 10.1 Å². The highest BCUT2D eigenvalue weighted by atomic mass is 19.4. The van der Waals surface area contributed by atoms with Crippen molar-refractivity contribution < 1.29 is 22.7 Å². The van der Waals surface area contributed by atoms with E-state index in [0.29, 0.717) is 16.9 Å². The lowest BCUT2D eigenvalue weighted by Gasteiger charge is -2.09. The Balaban J connectivity index is 1.96. The van der Waals surface area contributed by atoms with Crippen LogP contribution in [0, 0.1) is 6.92 Å². The Morgan fingerprint density at radius 2 is 2.14 bits per heavy atom. The molecule has 0 aromatic carbocycles. The van der Waals surface area contributed by atoms with Gasteiger partial charge in [0.1, 0.15) is 0 Å². The first-order valence-corrected chi connectivity index (χ1v) is 5.82. The molecule has 0 radical (unpaired) electrons. The fourth-order valence-corrected chi connectivity index (χ4v) is 1.47. The number of aromatic amines is 1. The topological polar surface area (TPSA) is 79.9 Å². The minimum Gasteiger partial charge on any atom is -0.468 e. The van der Waals surface area contributed by atoms with E-state index in [-0.39, 0.29) is 5.88 Å². The number of amides is 1. The molecule has 0 saturated heterocycles. The Hall–Kier alpha value is -2.58. The SMILES string of the molecule is Cc1[nH]ncc1C(=O)Nc1ccc(OCC(F)(F)F)nc1. The zero-order valence-corrected chi connectivity index (χ0v) is 10.9. The minimum atomic E-state index is -4.42. The molecule has 0 bridgehead atoms. The molecule has 0 spiro atoms. The lowest BCUT2D eigenvalue weighted by atomic mass is 10.2. The van der Waals surface area contributed by atoms with Crippen LogP contribution in [0.3, 0.4) is 0 Å². The van der Waals surface area contributed by atoms with E-state index in [4.69, 9.17) is 0 Å². The van der Waals surface area contributed by atoms with E-state index in [1.807, 2.05) is 0 Å². The van der Waals surface area contributed by atoms with Crippen LogP contribution in [0.2, 0.25) is 0 Å². The highest BCUT2D eigenvalue weighted by molar-refractivity contribution is 6.04. The van der Waals surface area contributed by atoms with Gasteiger partial charge in [0, 0.05) is 11.8 Å². The molecule has 112 valence electrons. The Morgan fingerprint density at radius 3 is 2.67 bits per heavy atom. The number of aryl methyl sites for hydroxylation is 1. The first-order valence-electron chi connectivity index (χ1n) is 5.82. The summed E-state index contributed by atoms with van der Waals surface area (Å²) >= 11 is 0. The van der Waals surface area contributed by atoms with Crippen molar-refractivity contribution in [2.24, 2.45) is 0 Å². The van der Waals surface area contributed by atoms with Crippen molar-refractivity contribution in [2.75, 3.05) is 11.9 Å². The summed E-state index contributed by atoms with van der Waals surface area (Å²) in [7, 11) is 0. The standard InChI is InChI=1S/C12H11F3N4O2/c1-7-9(5-17-19-7)11(20)18-8-2-3-10(16-4-8)21-6-12(13,14)15/h2-5H,6H2,1H3,(H,17,19)(H,18,20). The minimum absolute atomic E-state index is 0.176. The summed E-state index contributed by atoms with van der Waals surface area (Å²) < 4.78 is 40.4. The number of rotatable bonds is 4. The summed E-state index contributed by atoms with van der Waals surface area (Å²) in [6, 6.07) is 2.63. The fourth-order valence-electron chi connectivity index (χ4n) is 1.47. The third-order valence-electron chi connectivity index (χ3n) is 2.45. The first kappa shape index (κ1) is 14.8. The quantitative estimate of drug-likeness (QED) is 0.908. The maximum absolute atomic E-state index is 12.0. The molecule has 0 aliphatic rings. The number of halogens is 3. The van der Waals surface area contributed by atoms with E-state index >= 15 is 0 Å². The van der Waals surface area contributed by atoms with E-state index < -0.39 is 18.7 Å². The molecule has 0 fully saturated rings. The van der Waals surface area contributed by atoms with Crippen LogP contribution in [0.5, 0.6) is 5.88 Å². The van der Waals surface area contributed by atoms with E-state index in [1.165, 1.54) is 24.5 Å². The van der Waals surface area contributed by atoms with Crippen LogP contribution in [0.25, 0.3) is 0 Å². The second kappa shape index (κ2) is 5.81. The molecule has 0 aliphatic heterocycles. The van der Waals surface area contributed by atoms with Gasteiger partial charge in [0.25, 0.3) is 5.91 Å². The summed E-state index contributed by atoms with van der Waals surface area (Å²) in [4.78, 5) is 15.5. The second-order valence-corrected chi connectivity index (χ2v) is 4.15. The summed E-state index contributed by atoms with van der Waals surface area (Å²) in [6.07, 6.45) is -1.84. The molecule has 0 aliphatic carbocycles. The number of carbonyl (C=O) groups excluding carboxylic acids is 1. The molecular formula is C12H11F3N4O2. The number of pyridine rings is 1. The average molecular weight is 300 g/mol. The molecule has 0 unspecified atom stereocenters. The Labute approximate surface area is 117 Å². The van der Waals surface area contributed by atoms with Crippen LogP contribution in [0.15, 0.2) is 24.5 Å². The molecule has 1 amide bonds. The molecule has 0 atom stereocenters. The maximum atomic E-state index is 12.0. The number of nitrogens with one attached hydrogen (secondary N) is 2. The van der Waals surface area contributed by atoms with E-state index in [0.717, 1.165) is 0 Å². The number of H-pyrrole nitrogens is 1. The van der Waals surface area contributed by atoms with Gasteiger partial charge in [0.15, 0.2) is 6.61 Å². The van der Waals surface area contributed by atoms with Crippen LogP contribution in [-0.2, 0) is 0 Å². The molecule has 0 saturated carbocycles. The van der Waals surface area contributed by atoms with Gasteiger partial charge in [0.05, 0.1) is 23.6 Å². The Morgan fingerprint density at radius 1 is 1.38 bits per heavy atom. The van der Waals surface area contributed by atoms with Gasteiger partial charge in [0.2, 0.25) is 5.88 Å². The average Bonchev–Trinajstić information content (AvgIpc) is 2.83. The zero-order valence-electron chi connectivity index (χ0n) is 10.9. The number of aromatic nitrogens is 3. The predicted octanol–water partition coefficient (Wildman–Crippen LogP) is 2.31. The summed E-state index contributed by atoms with van der Waals surface area (Å²) in [5.41, 5.74) is 1.30. The number of ether oxygens (including phenoxy) is 1. The highest BCUT2D eigenvalue weighted by Crippen LogP contribution is 2.18. The molecule has 2 heterocycles. The lowest BCUT2D eigenvalue weighted by molar-refractivity contribution is -0.154. The van der Waals surface area contributed by atoms with Crippen molar-refractivity contribution >= 4 is 11.6 Å². The van der Waals surface area contributed by atoms with Gasteiger partial charge in [-0.25, -0.2) is 4.98 Å². The molecule has 6 nitrogen and oxygen atoms in total. The van der Waals surface area contributed by atoms with Crippen LogP contribution in [0.4, 0.5) is 18.9 Å². The van der Waals surface area contributed by atoms with E-state index in [9.17, 15) is 18.0 Å². The van der Waals surface area contributed by atoms with Crippen molar-refractivity contribution in [2.45, 2.75) is 13.1 Å². The lowest BCUT2D eigenvalue weighted by Crippen LogP contribution is -2.19. The van der Waals surface area contributed by atoms with Gasteiger partial charge in [-0.2, -0.15) is 18.3 Å². The second-order valence-electron chi connectivity index (χ2n) is 4.15. The number of anilines is 1. The molecule has 2 aromatic heterocycles. The van der Waals surface area contributed by atoms with Crippen molar-refractivity contribution in [1.29, 1.82) is 0 Å². The molecular weight excluding hydrogens is 289 g/mol. The molecule has 9 heteroatoms. The fraction of sp³-hybridized carbons (Fsp3) is 0.250. The van der Waals surface area contributed by atoms with Crippen LogP contribution >= 0.6 is 0 Å². The monoisotopic (exact) mass is 300 g/mol. The van der Waals surface area contributed by atoms with Gasteiger partial charge in [-0.3, -0.25) is 9.89 Å². The van der Waals surface area contributed by atoms with Gasteiger partial charge in [-0.05, 0) is 13.0 Å². The summed E-state index contributed by atoms with van der Waals surface area (Å²) in [6.45, 7) is 0.272. The van der Waals surface area contributed by atoms with E-state index in [1.54, 1.807) is 6.92 Å². The van der Waals surface area contributed by atoms with Gasteiger partial charge in [-0.1, -0.05) is 0 Å². The normalized spacial score (nSPS) is 11.2. The highest BCUT2D eigenvalue weighted by Gasteiger charge is 2.28. The molecule has 21 heavy (non-hydrogen) atoms. The summed E-state index contributed by atoms with van der Waals surface area (Å²) in [5.74, 6) is -0.572. The predicted molar refractivity (Wildman–Crippen MR) is 67.1 cm³/mol.